The van der Waals surface area contributed by atoms with E-state index in [-0.39, 0.29) is 29.4 Å². The quantitative estimate of drug-likeness (QED) is 0.312. The van der Waals surface area contributed by atoms with E-state index in [2.05, 4.69) is 9.80 Å². The van der Waals surface area contributed by atoms with Crippen molar-refractivity contribution in [3.8, 4) is 5.75 Å². The average Bonchev–Trinajstić information content (AvgIpc) is 3.58. The SMILES string of the molecule is O=C1C2CC=C3C(CC4C(=O)N(c5ccc(N6CCOCC6)cc5)C(=O)C4C3c3cccc(O)c3)C2C(=O)N1c1ccc(N2CCOCC2)cc1. The van der Waals surface area contributed by atoms with Crippen molar-refractivity contribution in [3.63, 3.8) is 0 Å². The highest BCUT2D eigenvalue weighted by Gasteiger charge is 2.62. The fourth-order valence-corrected chi connectivity index (χ4v) is 9.46. The maximum absolute atomic E-state index is 14.5. The predicted octanol–water partition coefficient (Wildman–Crippen LogP) is 4.11. The van der Waals surface area contributed by atoms with E-state index in [0.29, 0.717) is 50.6 Å². The number of carbonyl (C=O) groups excluding carboxylic acids is 4. The molecule has 4 saturated heterocycles. The van der Waals surface area contributed by atoms with Crippen molar-refractivity contribution >= 4 is 46.4 Å². The Bertz CT molecular complexity index is 1920. The molecule has 11 nitrogen and oxygen atoms in total. The molecule has 6 unspecified atom stereocenters. The normalized spacial score (nSPS) is 29.2. The Hall–Kier alpha value is -5.00. The van der Waals surface area contributed by atoms with Crippen LogP contribution in [0.25, 0.3) is 0 Å². The summed E-state index contributed by atoms with van der Waals surface area (Å²) in [6.45, 7) is 5.71. The number of anilines is 4. The first-order chi connectivity index (χ1) is 24.9. The molecule has 9 rings (SSSR count). The van der Waals surface area contributed by atoms with Crippen LogP contribution in [0, 0.1) is 29.6 Å². The van der Waals surface area contributed by atoms with Gasteiger partial charge in [0.1, 0.15) is 5.75 Å². The molecule has 2 aliphatic carbocycles. The minimum absolute atomic E-state index is 0.0617. The molecule has 1 N–H and O–H groups in total. The van der Waals surface area contributed by atoms with Gasteiger partial charge in [0.15, 0.2) is 0 Å². The summed E-state index contributed by atoms with van der Waals surface area (Å²) in [5, 5.41) is 10.5. The van der Waals surface area contributed by atoms with Crippen LogP contribution in [0.15, 0.2) is 84.4 Å². The summed E-state index contributed by atoms with van der Waals surface area (Å²) in [6.07, 6.45) is 2.69. The summed E-state index contributed by atoms with van der Waals surface area (Å²) < 4.78 is 11.0. The van der Waals surface area contributed by atoms with Crippen molar-refractivity contribution in [2.24, 2.45) is 29.6 Å². The maximum atomic E-state index is 14.5. The number of hydrogen-bond donors (Lipinski definition) is 1. The third-order valence-electron chi connectivity index (χ3n) is 11.8. The molecule has 3 aromatic rings. The number of morpholine rings is 2. The monoisotopic (exact) mass is 688 g/mol. The standard InChI is InChI=1S/C40H40N4O7/c45-29-3-1-2-24(22-29)34-30-12-13-31-35(39(48)43(37(31)46)27-8-4-25(5-9-27)41-14-18-50-19-15-41)32(30)23-33-36(34)40(49)44(38(33)47)28-10-6-26(7-11-28)42-16-20-51-21-17-42/h1-12,22,31-36,45H,13-21,23H2. The van der Waals surface area contributed by atoms with Crippen LogP contribution in [-0.2, 0) is 28.7 Å². The van der Waals surface area contributed by atoms with Crippen LogP contribution in [0.2, 0.25) is 0 Å². The Morgan fingerprint density at radius 1 is 0.569 bits per heavy atom. The molecule has 262 valence electrons. The van der Waals surface area contributed by atoms with Crippen LogP contribution in [0.4, 0.5) is 22.7 Å². The van der Waals surface area contributed by atoms with Gasteiger partial charge in [-0.25, -0.2) is 0 Å². The van der Waals surface area contributed by atoms with E-state index in [9.17, 15) is 24.3 Å². The van der Waals surface area contributed by atoms with Crippen molar-refractivity contribution in [2.45, 2.75) is 18.8 Å². The Morgan fingerprint density at radius 2 is 1.08 bits per heavy atom. The maximum Gasteiger partial charge on any atom is 0.238 e. The molecular formula is C40H40N4O7. The van der Waals surface area contributed by atoms with Crippen molar-refractivity contribution < 1.29 is 33.8 Å². The largest absolute Gasteiger partial charge is 0.508 e. The van der Waals surface area contributed by atoms with Gasteiger partial charge in [0.25, 0.3) is 0 Å². The number of aromatic hydroxyl groups is 1. The highest BCUT2D eigenvalue weighted by atomic mass is 16.5. The van der Waals surface area contributed by atoms with Gasteiger partial charge < -0.3 is 24.4 Å². The van der Waals surface area contributed by atoms with Gasteiger partial charge in [-0.3, -0.25) is 29.0 Å². The zero-order valence-electron chi connectivity index (χ0n) is 28.2. The molecule has 6 aliphatic rings. The fourth-order valence-electron chi connectivity index (χ4n) is 9.46. The van der Waals surface area contributed by atoms with E-state index in [4.69, 9.17) is 9.47 Å². The molecule has 51 heavy (non-hydrogen) atoms. The molecule has 0 aromatic heterocycles. The van der Waals surface area contributed by atoms with Crippen LogP contribution in [0.3, 0.4) is 0 Å². The van der Waals surface area contributed by atoms with E-state index in [0.717, 1.165) is 48.7 Å². The summed E-state index contributed by atoms with van der Waals surface area (Å²) in [5.74, 6) is -4.53. The number of benzene rings is 3. The van der Waals surface area contributed by atoms with E-state index in [1.165, 1.54) is 9.80 Å². The molecule has 0 spiro atoms. The van der Waals surface area contributed by atoms with E-state index >= 15 is 0 Å². The molecule has 0 radical (unpaired) electrons. The fraction of sp³-hybridized carbons (Fsp3) is 0.400. The Balaban J connectivity index is 1.04. The summed E-state index contributed by atoms with van der Waals surface area (Å²) >= 11 is 0. The molecule has 5 fully saturated rings. The molecule has 4 aliphatic heterocycles. The number of hydrogen-bond acceptors (Lipinski definition) is 9. The average molecular weight is 689 g/mol. The number of nitrogens with zero attached hydrogens (tertiary/aromatic N) is 4. The summed E-state index contributed by atoms with van der Waals surface area (Å²) in [6, 6.07) is 21.9. The second-order valence-corrected chi connectivity index (χ2v) is 14.4. The van der Waals surface area contributed by atoms with Crippen LogP contribution in [0.1, 0.15) is 24.3 Å². The summed E-state index contributed by atoms with van der Waals surface area (Å²) in [5.41, 5.74) is 4.69. The number of fused-ring (bicyclic) bond motifs is 4. The number of ether oxygens (including phenoxy) is 2. The van der Waals surface area contributed by atoms with E-state index in [1.807, 2.05) is 60.7 Å². The zero-order chi connectivity index (χ0) is 34.8. The number of allylic oxidation sites excluding steroid dienone is 2. The van der Waals surface area contributed by atoms with Gasteiger partial charge in [-0.05, 0) is 85.0 Å². The van der Waals surface area contributed by atoms with Gasteiger partial charge in [0.05, 0.1) is 61.5 Å². The highest BCUT2D eigenvalue weighted by Crippen LogP contribution is 2.58. The molecular weight excluding hydrogens is 648 g/mol. The van der Waals surface area contributed by atoms with Gasteiger partial charge in [-0.1, -0.05) is 23.8 Å². The molecule has 4 amide bonds. The number of amides is 4. The first kappa shape index (κ1) is 31.9. The first-order valence-corrected chi connectivity index (χ1v) is 18.0. The van der Waals surface area contributed by atoms with Gasteiger partial charge in [0.2, 0.25) is 23.6 Å². The lowest BCUT2D eigenvalue weighted by Crippen LogP contribution is -2.43. The molecule has 1 saturated carbocycles. The Morgan fingerprint density at radius 3 is 1.63 bits per heavy atom. The van der Waals surface area contributed by atoms with E-state index in [1.54, 1.807) is 18.2 Å². The van der Waals surface area contributed by atoms with Crippen molar-refractivity contribution in [1.82, 2.24) is 0 Å². The van der Waals surface area contributed by atoms with Gasteiger partial charge in [-0.15, -0.1) is 0 Å². The lowest BCUT2D eigenvalue weighted by Gasteiger charge is -2.44. The third-order valence-corrected chi connectivity index (χ3v) is 11.8. The molecule has 6 atom stereocenters. The molecule has 4 heterocycles. The highest BCUT2D eigenvalue weighted by molar-refractivity contribution is 6.24. The van der Waals surface area contributed by atoms with Crippen LogP contribution >= 0.6 is 0 Å². The van der Waals surface area contributed by atoms with Gasteiger partial charge in [-0.2, -0.15) is 0 Å². The second kappa shape index (κ2) is 12.6. The zero-order valence-corrected chi connectivity index (χ0v) is 28.2. The smallest absolute Gasteiger partial charge is 0.238 e. The topological polar surface area (TPSA) is 120 Å². The van der Waals surface area contributed by atoms with Crippen LogP contribution in [0.5, 0.6) is 5.75 Å². The Labute approximate surface area is 296 Å². The minimum atomic E-state index is -0.701. The molecule has 11 heteroatoms. The van der Waals surface area contributed by atoms with Gasteiger partial charge >= 0.3 is 0 Å². The number of rotatable bonds is 5. The van der Waals surface area contributed by atoms with Crippen molar-refractivity contribution in [2.75, 3.05) is 72.2 Å². The van der Waals surface area contributed by atoms with Crippen molar-refractivity contribution in [3.05, 3.63) is 90.0 Å². The number of phenolic OH excluding ortho intramolecular Hbond substituents is 1. The van der Waals surface area contributed by atoms with Crippen molar-refractivity contribution in [1.29, 1.82) is 0 Å². The summed E-state index contributed by atoms with van der Waals surface area (Å²) in [7, 11) is 0. The lowest BCUT2D eigenvalue weighted by molar-refractivity contribution is -0.126. The molecule has 0 bridgehead atoms. The minimum Gasteiger partial charge on any atom is -0.508 e. The lowest BCUT2D eigenvalue weighted by atomic mass is 9.57. The molecule has 3 aromatic carbocycles. The number of phenols is 1. The van der Waals surface area contributed by atoms with Crippen LogP contribution in [-0.4, -0.2) is 81.3 Å². The number of carbonyl (C=O) groups is 4. The summed E-state index contributed by atoms with van der Waals surface area (Å²) in [4.78, 5) is 64.3. The third kappa shape index (κ3) is 5.24. The first-order valence-electron chi connectivity index (χ1n) is 18.0. The second-order valence-electron chi connectivity index (χ2n) is 14.4. The van der Waals surface area contributed by atoms with Crippen LogP contribution < -0.4 is 19.6 Å². The number of imide groups is 2. The Kier molecular flexibility index (Phi) is 7.92. The van der Waals surface area contributed by atoms with E-state index < -0.39 is 35.5 Å². The van der Waals surface area contributed by atoms with Gasteiger partial charge in [0, 0.05) is 43.5 Å². The predicted molar refractivity (Wildman–Crippen MR) is 190 cm³/mol.